The molecule has 1 amide bonds. The predicted molar refractivity (Wildman–Crippen MR) is 84.0 cm³/mol. The van der Waals surface area contributed by atoms with Gasteiger partial charge in [-0.1, -0.05) is 0 Å². The fraction of sp³-hybridized carbons (Fsp3) is 0.471. The first-order chi connectivity index (χ1) is 11.3. The molecule has 4 rings (SSSR count). The van der Waals surface area contributed by atoms with Crippen LogP contribution in [0.4, 0.5) is 0 Å². The molecule has 6 heteroatoms. The second-order valence-corrected chi connectivity index (χ2v) is 6.17. The van der Waals surface area contributed by atoms with Crippen LogP contribution < -0.4 is 5.32 Å². The van der Waals surface area contributed by atoms with E-state index < -0.39 is 0 Å². The van der Waals surface area contributed by atoms with Crippen LogP contribution >= 0.6 is 0 Å². The molecule has 1 aromatic heterocycles. The van der Waals surface area contributed by atoms with E-state index in [-0.39, 0.29) is 24.0 Å². The third kappa shape index (κ3) is 2.48. The lowest BCUT2D eigenvalue weighted by atomic mass is 9.67. The Kier molecular flexibility index (Phi) is 3.71. The van der Waals surface area contributed by atoms with Crippen molar-refractivity contribution in [2.75, 3.05) is 20.3 Å². The molecular weight excluding hydrogens is 294 g/mol. The Morgan fingerprint density at radius 1 is 1.35 bits per heavy atom. The van der Waals surface area contributed by atoms with Crippen molar-refractivity contribution in [2.45, 2.75) is 18.6 Å². The van der Waals surface area contributed by atoms with Crippen LogP contribution in [0, 0.1) is 11.8 Å². The quantitative estimate of drug-likeness (QED) is 0.924. The van der Waals surface area contributed by atoms with E-state index in [4.69, 9.17) is 9.47 Å². The number of aromatic nitrogens is 2. The van der Waals surface area contributed by atoms with Crippen molar-refractivity contribution < 1.29 is 14.3 Å². The highest BCUT2D eigenvalue weighted by Crippen LogP contribution is 2.43. The number of hydrogen-bond donors (Lipinski definition) is 1. The number of amides is 1. The Morgan fingerprint density at radius 3 is 3.00 bits per heavy atom. The maximum absolute atomic E-state index is 12.6. The Labute approximate surface area is 134 Å². The number of ether oxygens (including phenoxy) is 2. The van der Waals surface area contributed by atoms with Gasteiger partial charge in [-0.3, -0.25) is 14.8 Å². The van der Waals surface area contributed by atoms with E-state index in [0.717, 1.165) is 24.1 Å². The van der Waals surface area contributed by atoms with Gasteiger partial charge in [-0.15, -0.1) is 0 Å². The first kappa shape index (κ1) is 14.5. The molecule has 1 aromatic carbocycles. The average molecular weight is 313 g/mol. The molecule has 23 heavy (non-hydrogen) atoms. The van der Waals surface area contributed by atoms with Crippen molar-refractivity contribution in [3.8, 4) is 0 Å². The zero-order valence-electron chi connectivity index (χ0n) is 12.9. The smallest absolute Gasteiger partial charge is 0.251 e. The zero-order valence-corrected chi connectivity index (χ0v) is 12.9. The molecule has 1 aliphatic heterocycles. The molecule has 4 atom stereocenters. The van der Waals surface area contributed by atoms with Crippen molar-refractivity contribution in [1.29, 1.82) is 0 Å². The van der Waals surface area contributed by atoms with E-state index >= 15 is 0 Å². The molecule has 0 radical (unpaired) electrons. The second kappa shape index (κ2) is 5.86. The number of carbonyl (C=O) groups excluding carboxylic acids is 1. The third-order valence-corrected chi connectivity index (χ3v) is 4.92. The van der Waals surface area contributed by atoms with Crippen LogP contribution in [-0.2, 0) is 9.47 Å². The molecule has 1 N–H and O–H groups in total. The van der Waals surface area contributed by atoms with Crippen LogP contribution in [0.5, 0.6) is 0 Å². The first-order valence-electron chi connectivity index (χ1n) is 7.90. The summed E-state index contributed by atoms with van der Waals surface area (Å²) in [6.45, 7) is 1.38. The van der Waals surface area contributed by atoms with Gasteiger partial charge in [0.05, 0.1) is 23.7 Å². The van der Waals surface area contributed by atoms with Crippen LogP contribution in [0.1, 0.15) is 16.8 Å². The summed E-state index contributed by atoms with van der Waals surface area (Å²) < 4.78 is 11.0. The largest absolute Gasteiger partial charge is 0.384 e. The van der Waals surface area contributed by atoms with Crippen molar-refractivity contribution in [3.05, 3.63) is 36.2 Å². The highest BCUT2D eigenvalue weighted by Gasteiger charge is 2.54. The fourth-order valence-corrected chi connectivity index (χ4v) is 3.77. The minimum atomic E-state index is -0.0750. The molecule has 0 bridgehead atoms. The van der Waals surface area contributed by atoms with Crippen LogP contribution in [0.15, 0.2) is 30.6 Å². The average Bonchev–Trinajstić information content (AvgIpc) is 3.01. The summed E-state index contributed by atoms with van der Waals surface area (Å²) in [5.74, 6) is 0.560. The molecule has 2 aliphatic rings. The lowest BCUT2D eigenvalue weighted by molar-refractivity contribution is -0.0809. The molecular formula is C17H19N3O3. The summed E-state index contributed by atoms with van der Waals surface area (Å²) in [6.07, 6.45) is 4.50. The maximum Gasteiger partial charge on any atom is 0.251 e. The van der Waals surface area contributed by atoms with Crippen molar-refractivity contribution in [1.82, 2.24) is 15.3 Å². The number of carbonyl (C=O) groups is 1. The van der Waals surface area contributed by atoms with Crippen LogP contribution in [0.3, 0.4) is 0 Å². The highest BCUT2D eigenvalue weighted by atomic mass is 16.5. The molecule has 0 unspecified atom stereocenters. The van der Waals surface area contributed by atoms with Gasteiger partial charge in [0.15, 0.2) is 0 Å². The minimum Gasteiger partial charge on any atom is -0.384 e. The Balaban J connectivity index is 1.52. The van der Waals surface area contributed by atoms with E-state index in [0.29, 0.717) is 18.1 Å². The Hall–Kier alpha value is -2.05. The summed E-state index contributed by atoms with van der Waals surface area (Å²) in [4.78, 5) is 21.1. The summed E-state index contributed by atoms with van der Waals surface area (Å²) in [7, 11) is 1.68. The van der Waals surface area contributed by atoms with Gasteiger partial charge < -0.3 is 14.8 Å². The van der Waals surface area contributed by atoms with E-state index in [1.54, 1.807) is 31.6 Å². The zero-order chi connectivity index (χ0) is 15.8. The lowest BCUT2D eigenvalue weighted by Gasteiger charge is -2.47. The van der Waals surface area contributed by atoms with Gasteiger partial charge in [-0.25, -0.2) is 0 Å². The summed E-state index contributed by atoms with van der Waals surface area (Å²) in [6, 6.07) is 5.52. The number of rotatable bonds is 4. The van der Waals surface area contributed by atoms with E-state index in [1.807, 2.05) is 6.07 Å². The lowest BCUT2D eigenvalue weighted by Crippen LogP contribution is -2.62. The van der Waals surface area contributed by atoms with E-state index in [9.17, 15) is 4.79 Å². The molecule has 2 aromatic rings. The number of nitrogens with one attached hydrogen (secondary N) is 1. The molecule has 1 saturated heterocycles. The van der Waals surface area contributed by atoms with Gasteiger partial charge in [0, 0.05) is 49.6 Å². The molecule has 2 fully saturated rings. The molecule has 1 aliphatic carbocycles. The van der Waals surface area contributed by atoms with Gasteiger partial charge in [-0.2, -0.15) is 0 Å². The molecule has 1 saturated carbocycles. The molecule has 0 spiro atoms. The summed E-state index contributed by atoms with van der Waals surface area (Å²) in [5, 5.41) is 3.16. The SMILES string of the molecule is COC[C@@H]1[C@H](NC(=O)c2ccc3nccnc3c2)[C@@H]2CCO[C@H]12. The first-order valence-corrected chi connectivity index (χ1v) is 7.90. The van der Waals surface area contributed by atoms with E-state index in [1.165, 1.54) is 0 Å². The van der Waals surface area contributed by atoms with Crippen LogP contribution in [-0.4, -0.2) is 48.3 Å². The monoisotopic (exact) mass is 313 g/mol. The van der Waals surface area contributed by atoms with Gasteiger partial charge >= 0.3 is 0 Å². The number of hydrogen-bond acceptors (Lipinski definition) is 5. The van der Waals surface area contributed by atoms with Crippen molar-refractivity contribution in [3.63, 3.8) is 0 Å². The Morgan fingerprint density at radius 2 is 2.17 bits per heavy atom. The van der Waals surface area contributed by atoms with Crippen molar-refractivity contribution in [2.24, 2.45) is 11.8 Å². The minimum absolute atomic E-state index is 0.0750. The second-order valence-electron chi connectivity index (χ2n) is 6.17. The van der Waals surface area contributed by atoms with Gasteiger partial charge in [0.25, 0.3) is 5.91 Å². The number of fused-ring (bicyclic) bond motifs is 2. The predicted octanol–water partition coefficient (Wildman–Crippen LogP) is 1.41. The van der Waals surface area contributed by atoms with Gasteiger partial charge in [0.2, 0.25) is 0 Å². The standard InChI is InChI=1S/C17H19N3O3/c1-22-9-12-15(11-4-7-23-16(11)12)20-17(21)10-2-3-13-14(8-10)19-6-5-18-13/h2-3,5-6,8,11-12,15-16H,4,7,9H2,1H3,(H,20,21)/t11-,12+,15+,16-/m0/s1. The number of methoxy groups -OCH3 is 1. The highest BCUT2D eigenvalue weighted by molar-refractivity contribution is 5.97. The van der Waals surface area contributed by atoms with E-state index in [2.05, 4.69) is 15.3 Å². The fourth-order valence-electron chi connectivity index (χ4n) is 3.77. The molecule has 120 valence electrons. The van der Waals surface area contributed by atoms with Crippen molar-refractivity contribution >= 4 is 16.9 Å². The van der Waals surface area contributed by atoms with Gasteiger partial charge in [0.1, 0.15) is 0 Å². The Bertz CT molecular complexity index is 736. The van der Waals surface area contributed by atoms with Crippen LogP contribution in [0.2, 0.25) is 0 Å². The summed E-state index contributed by atoms with van der Waals surface area (Å²) >= 11 is 0. The van der Waals surface area contributed by atoms with Crippen LogP contribution in [0.25, 0.3) is 11.0 Å². The third-order valence-electron chi connectivity index (χ3n) is 4.92. The maximum atomic E-state index is 12.6. The van der Waals surface area contributed by atoms with Gasteiger partial charge in [-0.05, 0) is 24.6 Å². The molecule has 6 nitrogen and oxygen atoms in total. The topological polar surface area (TPSA) is 73.3 Å². The number of nitrogens with zero attached hydrogens (tertiary/aromatic N) is 2. The normalized spacial score (nSPS) is 29.1. The number of benzene rings is 1. The summed E-state index contributed by atoms with van der Waals surface area (Å²) in [5.41, 5.74) is 2.12. The molecule has 2 heterocycles.